The summed E-state index contributed by atoms with van der Waals surface area (Å²) in [5.74, 6) is 0.478. The van der Waals surface area contributed by atoms with Gasteiger partial charge < -0.3 is 0 Å². The van der Waals surface area contributed by atoms with Gasteiger partial charge in [0.2, 0.25) is 0 Å². The van der Waals surface area contributed by atoms with Crippen molar-refractivity contribution in [2.75, 3.05) is 0 Å². The van der Waals surface area contributed by atoms with E-state index in [0.717, 1.165) is 23.4 Å². The normalized spacial score (nSPS) is 12.6. The Morgan fingerprint density at radius 2 is 2.00 bits per heavy atom. The largest absolute Gasteiger partial charge is 0.416 e. The van der Waals surface area contributed by atoms with E-state index in [4.69, 9.17) is 0 Å². The summed E-state index contributed by atoms with van der Waals surface area (Å²) in [7, 11) is 0. The van der Waals surface area contributed by atoms with Gasteiger partial charge in [0.05, 0.1) is 5.56 Å². The van der Waals surface area contributed by atoms with Crippen LogP contribution >= 0.6 is 11.3 Å². The summed E-state index contributed by atoms with van der Waals surface area (Å²) in [6.45, 7) is 4.17. The van der Waals surface area contributed by atoms with E-state index in [0.29, 0.717) is 10.6 Å². The predicted octanol–water partition coefficient (Wildman–Crippen LogP) is 4.92. The van der Waals surface area contributed by atoms with E-state index >= 15 is 0 Å². The average molecular weight is 257 g/mol. The van der Waals surface area contributed by atoms with Crippen molar-refractivity contribution in [1.29, 1.82) is 0 Å². The molecule has 1 aromatic heterocycles. The Bertz CT molecular complexity index is 523. The average Bonchev–Trinajstić information content (AvgIpc) is 2.59. The van der Waals surface area contributed by atoms with E-state index in [1.54, 1.807) is 6.07 Å². The minimum absolute atomic E-state index is 0.478. The van der Waals surface area contributed by atoms with Gasteiger partial charge in [-0.05, 0) is 35.4 Å². The maximum atomic E-state index is 12.5. The molecule has 0 spiro atoms. The number of thiophene rings is 1. The van der Waals surface area contributed by atoms with Crippen molar-refractivity contribution in [3.05, 3.63) is 34.7 Å². The number of hydrogen-bond acceptors (Lipinski definition) is 1. The van der Waals surface area contributed by atoms with Crippen molar-refractivity contribution in [2.45, 2.75) is 26.4 Å². The predicted molar refractivity (Wildman–Crippen MR) is 64.2 cm³/mol. The first-order valence-electron chi connectivity index (χ1n) is 5.38. The minimum Gasteiger partial charge on any atom is -0.166 e. The smallest absolute Gasteiger partial charge is 0.166 e. The number of halogens is 3. The van der Waals surface area contributed by atoms with Crippen LogP contribution < -0.4 is 0 Å². The van der Waals surface area contributed by atoms with Crippen LogP contribution in [0.4, 0.5) is 13.2 Å². The van der Waals surface area contributed by atoms with E-state index in [9.17, 15) is 13.2 Å². The van der Waals surface area contributed by atoms with Gasteiger partial charge in [-0.3, -0.25) is 0 Å². The highest BCUT2D eigenvalue weighted by molar-refractivity contribution is 7.16. The lowest BCUT2D eigenvalue weighted by molar-refractivity contribution is -0.137. The molecule has 0 amide bonds. The Morgan fingerprint density at radius 3 is 2.59 bits per heavy atom. The van der Waals surface area contributed by atoms with Crippen molar-refractivity contribution in [3.8, 4) is 0 Å². The lowest BCUT2D eigenvalue weighted by Gasteiger charge is -2.07. The molecular weight excluding hydrogens is 245 g/mol. The van der Waals surface area contributed by atoms with Gasteiger partial charge in [0.1, 0.15) is 0 Å². The van der Waals surface area contributed by atoms with Crippen LogP contribution in [0.15, 0.2) is 18.2 Å². The molecule has 1 aromatic carbocycles. The third-order valence-electron chi connectivity index (χ3n) is 2.53. The van der Waals surface area contributed by atoms with E-state index in [1.807, 2.05) is 0 Å². The third kappa shape index (κ3) is 2.63. The van der Waals surface area contributed by atoms with Gasteiger partial charge in [0.25, 0.3) is 0 Å². The Balaban J connectivity index is 2.45. The maximum Gasteiger partial charge on any atom is 0.416 e. The topological polar surface area (TPSA) is 0 Å². The highest BCUT2D eigenvalue weighted by Gasteiger charge is 2.30. The van der Waals surface area contributed by atoms with Gasteiger partial charge in [-0.2, -0.15) is 13.2 Å². The van der Waals surface area contributed by atoms with Crippen LogP contribution in [0.3, 0.4) is 0 Å². The first-order chi connectivity index (χ1) is 7.88. The second-order valence-corrected chi connectivity index (χ2v) is 5.34. The molecule has 0 atom stereocenters. The lowest BCUT2D eigenvalue weighted by Crippen LogP contribution is -2.03. The molecule has 0 unspecified atom stereocenters. The van der Waals surface area contributed by atoms with Gasteiger partial charge >= 0.3 is 6.18 Å². The van der Waals surface area contributed by atoms with E-state index in [-0.39, 0.29) is 0 Å². The fourth-order valence-electron chi connectivity index (χ4n) is 1.76. The second kappa shape index (κ2) is 4.33. The Kier molecular flexibility index (Phi) is 3.17. The summed E-state index contributed by atoms with van der Waals surface area (Å²) in [5.41, 5.74) is 0.435. The number of benzene rings is 1. The van der Waals surface area contributed by atoms with Gasteiger partial charge in [-0.1, -0.05) is 19.9 Å². The zero-order chi connectivity index (χ0) is 12.6. The third-order valence-corrected chi connectivity index (χ3v) is 3.44. The first-order valence-corrected chi connectivity index (χ1v) is 6.20. The molecule has 0 aliphatic carbocycles. The summed E-state index contributed by atoms with van der Waals surface area (Å²) >= 11 is 1.26. The van der Waals surface area contributed by atoms with Crippen LogP contribution in [-0.2, 0) is 12.6 Å². The zero-order valence-electron chi connectivity index (χ0n) is 9.56. The SMILES string of the molecule is CC(C)Cc1[c]sc2cc(C(F)(F)F)ccc12. The quantitative estimate of drug-likeness (QED) is 0.716. The van der Waals surface area contributed by atoms with Crippen molar-refractivity contribution >= 4 is 21.4 Å². The molecule has 0 aliphatic rings. The molecule has 17 heavy (non-hydrogen) atoms. The van der Waals surface area contributed by atoms with Gasteiger partial charge in [0.15, 0.2) is 0 Å². The van der Waals surface area contributed by atoms with Crippen LogP contribution in [-0.4, -0.2) is 0 Å². The van der Waals surface area contributed by atoms with E-state index < -0.39 is 11.7 Å². The number of hydrogen-bond donors (Lipinski definition) is 0. The summed E-state index contributed by atoms with van der Waals surface area (Å²) in [6, 6.07) is 3.91. The molecular formula is C13H12F3S. The summed E-state index contributed by atoms with van der Waals surface area (Å²) in [6.07, 6.45) is -3.41. The fraction of sp³-hybridized carbons (Fsp3) is 0.385. The minimum atomic E-state index is -4.27. The van der Waals surface area contributed by atoms with Crippen LogP contribution in [0.5, 0.6) is 0 Å². The Hall–Kier alpha value is -1.03. The standard InChI is InChI=1S/C13H12F3S/c1-8(2)5-9-7-17-12-6-10(13(14,15)16)3-4-11(9)12/h3-4,6,8H,5H2,1-2H3. The summed E-state index contributed by atoms with van der Waals surface area (Å²) in [5, 5.41) is 4.00. The van der Waals surface area contributed by atoms with Crippen LogP contribution in [0.25, 0.3) is 10.1 Å². The molecule has 0 fully saturated rings. The monoisotopic (exact) mass is 257 g/mol. The first kappa shape index (κ1) is 12.4. The number of fused-ring (bicyclic) bond motifs is 1. The highest BCUT2D eigenvalue weighted by Crippen LogP contribution is 2.34. The van der Waals surface area contributed by atoms with E-state index in [2.05, 4.69) is 19.2 Å². The van der Waals surface area contributed by atoms with Crippen LogP contribution in [0, 0.1) is 11.3 Å². The molecule has 0 nitrogen and oxygen atoms in total. The molecule has 2 rings (SSSR count). The number of alkyl halides is 3. The molecule has 91 valence electrons. The summed E-state index contributed by atoms with van der Waals surface area (Å²) < 4.78 is 38.2. The molecule has 0 saturated heterocycles. The molecule has 0 N–H and O–H groups in total. The molecule has 1 radical (unpaired) electrons. The lowest BCUT2D eigenvalue weighted by atomic mass is 10.0. The Labute approximate surface area is 102 Å². The number of rotatable bonds is 2. The van der Waals surface area contributed by atoms with E-state index in [1.165, 1.54) is 17.4 Å². The van der Waals surface area contributed by atoms with Gasteiger partial charge in [0, 0.05) is 10.1 Å². The molecule has 0 bridgehead atoms. The van der Waals surface area contributed by atoms with Crippen molar-refractivity contribution in [2.24, 2.45) is 5.92 Å². The Morgan fingerprint density at radius 1 is 1.29 bits per heavy atom. The fourth-order valence-corrected chi connectivity index (χ4v) is 2.68. The zero-order valence-corrected chi connectivity index (χ0v) is 10.4. The van der Waals surface area contributed by atoms with Gasteiger partial charge in [-0.15, -0.1) is 11.3 Å². The molecule has 1 heterocycles. The van der Waals surface area contributed by atoms with Crippen LogP contribution in [0.1, 0.15) is 25.0 Å². The van der Waals surface area contributed by atoms with Crippen molar-refractivity contribution in [3.63, 3.8) is 0 Å². The second-order valence-electron chi connectivity index (χ2n) is 4.49. The van der Waals surface area contributed by atoms with Crippen LogP contribution in [0.2, 0.25) is 0 Å². The summed E-state index contributed by atoms with van der Waals surface area (Å²) in [4.78, 5) is 0. The maximum absolute atomic E-state index is 12.5. The molecule has 2 aromatic rings. The van der Waals surface area contributed by atoms with Crippen molar-refractivity contribution in [1.82, 2.24) is 0 Å². The molecule has 0 aliphatic heterocycles. The van der Waals surface area contributed by atoms with Crippen molar-refractivity contribution < 1.29 is 13.2 Å². The molecule has 4 heteroatoms. The highest BCUT2D eigenvalue weighted by atomic mass is 32.1. The van der Waals surface area contributed by atoms with Gasteiger partial charge in [-0.25, -0.2) is 0 Å². The molecule has 0 saturated carbocycles.